The van der Waals surface area contributed by atoms with E-state index in [1.165, 1.54) is 12.1 Å². The molecular weight excluding hydrogens is 335 g/mol. The normalized spacial score (nSPS) is 13.7. The number of benzene rings is 1. The summed E-state index contributed by atoms with van der Waals surface area (Å²) < 4.78 is 36.6. The lowest BCUT2D eigenvalue weighted by Gasteiger charge is -2.16. The summed E-state index contributed by atoms with van der Waals surface area (Å²) in [5, 5.41) is -0.101. The van der Waals surface area contributed by atoms with Crippen molar-refractivity contribution < 1.29 is 12.8 Å². The fourth-order valence-electron chi connectivity index (χ4n) is 1.34. The molecule has 0 aliphatic carbocycles. The van der Waals surface area contributed by atoms with E-state index in [-0.39, 0.29) is 16.3 Å². The molecule has 1 atom stereocenters. The Balaban J connectivity index is 3.18. The average molecular weight is 346 g/mol. The minimum absolute atomic E-state index is 0.101. The lowest BCUT2D eigenvalue weighted by atomic mass is 10.1. The largest absolute Gasteiger partial charge is 0.271 e. The molecule has 0 amide bonds. The average Bonchev–Trinajstić information content (AvgIpc) is 2.22. The number of hydrogen-bond acceptors (Lipinski definition) is 4. The maximum absolute atomic E-state index is 13.8. The first-order valence-corrected chi connectivity index (χ1v) is 7.76. The van der Waals surface area contributed by atoms with Gasteiger partial charge in [-0.15, -0.1) is 0 Å². The van der Waals surface area contributed by atoms with Crippen LogP contribution in [0.2, 0.25) is 5.02 Å². The third-order valence-corrected chi connectivity index (χ3v) is 4.31. The maximum atomic E-state index is 13.8. The summed E-state index contributed by atoms with van der Waals surface area (Å²) in [4.78, 5) is 0. The lowest BCUT2D eigenvalue weighted by Crippen LogP contribution is -2.33. The quantitative estimate of drug-likeness (QED) is 0.496. The van der Waals surface area contributed by atoms with Gasteiger partial charge in [0.25, 0.3) is 0 Å². The molecule has 8 heteroatoms. The maximum Gasteiger partial charge on any atom is 0.149 e. The first-order chi connectivity index (χ1) is 7.76. The molecular formula is C9H11BrClFN2O2S. The van der Waals surface area contributed by atoms with Gasteiger partial charge in [-0.3, -0.25) is 11.3 Å². The van der Waals surface area contributed by atoms with Gasteiger partial charge in [-0.2, -0.15) is 0 Å². The van der Waals surface area contributed by atoms with Crippen LogP contribution in [0.1, 0.15) is 11.6 Å². The smallest absolute Gasteiger partial charge is 0.149 e. The zero-order chi connectivity index (χ0) is 13.2. The lowest BCUT2D eigenvalue weighted by molar-refractivity contribution is 0.531. The van der Waals surface area contributed by atoms with Crippen molar-refractivity contribution in [3.8, 4) is 0 Å². The van der Waals surface area contributed by atoms with Crippen LogP contribution in [0.25, 0.3) is 0 Å². The van der Waals surface area contributed by atoms with Crippen molar-refractivity contribution in [1.29, 1.82) is 0 Å². The third kappa shape index (κ3) is 3.89. The fourth-order valence-corrected chi connectivity index (χ4v) is 2.70. The molecule has 0 aliphatic heterocycles. The molecule has 1 unspecified atom stereocenters. The highest BCUT2D eigenvalue weighted by atomic mass is 79.9. The first kappa shape index (κ1) is 14.8. The molecule has 0 radical (unpaired) electrons. The molecule has 0 fully saturated rings. The summed E-state index contributed by atoms with van der Waals surface area (Å²) in [6.07, 6.45) is 1.05. The molecule has 1 aromatic carbocycles. The predicted molar refractivity (Wildman–Crippen MR) is 68.9 cm³/mol. The highest BCUT2D eigenvalue weighted by Gasteiger charge is 2.21. The van der Waals surface area contributed by atoms with Gasteiger partial charge in [0.05, 0.1) is 16.8 Å². The van der Waals surface area contributed by atoms with Crippen molar-refractivity contribution in [2.24, 2.45) is 5.84 Å². The van der Waals surface area contributed by atoms with Crippen molar-refractivity contribution in [2.45, 2.75) is 6.04 Å². The number of nitrogens with one attached hydrogen (secondary N) is 1. The number of sulfone groups is 1. The Bertz CT molecular complexity index is 524. The van der Waals surface area contributed by atoms with Gasteiger partial charge in [-0.25, -0.2) is 12.8 Å². The molecule has 0 spiro atoms. The number of nitrogens with two attached hydrogens (primary N) is 1. The molecule has 1 rings (SSSR count). The van der Waals surface area contributed by atoms with Crippen LogP contribution in [0.4, 0.5) is 4.39 Å². The zero-order valence-corrected chi connectivity index (χ0v) is 12.0. The van der Waals surface area contributed by atoms with Crippen LogP contribution in [0.15, 0.2) is 16.6 Å². The van der Waals surface area contributed by atoms with E-state index in [1.54, 1.807) is 0 Å². The predicted octanol–water partition coefficient (Wildman–Crippen LogP) is 1.79. The Morgan fingerprint density at radius 2 is 2.18 bits per heavy atom. The highest BCUT2D eigenvalue weighted by Crippen LogP contribution is 2.30. The molecule has 3 N–H and O–H groups in total. The van der Waals surface area contributed by atoms with Gasteiger partial charge in [-0.05, 0) is 22.0 Å². The number of rotatable bonds is 4. The fraction of sp³-hybridized carbons (Fsp3) is 0.333. The van der Waals surface area contributed by atoms with Crippen molar-refractivity contribution in [3.05, 3.63) is 33.0 Å². The number of halogens is 3. The summed E-state index contributed by atoms with van der Waals surface area (Å²) in [7, 11) is -3.29. The van der Waals surface area contributed by atoms with Crippen LogP contribution in [0.3, 0.4) is 0 Å². The van der Waals surface area contributed by atoms with Gasteiger partial charge in [-0.1, -0.05) is 17.7 Å². The molecule has 0 aliphatic rings. The van der Waals surface area contributed by atoms with Crippen molar-refractivity contribution in [1.82, 2.24) is 5.43 Å². The second-order valence-electron chi connectivity index (χ2n) is 3.58. The van der Waals surface area contributed by atoms with Crippen LogP contribution >= 0.6 is 27.5 Å². The minimum Gasteiger partial charge on any atom is -0.271 e. The van der Waals surface area contributed by atoms with E-state index in [0.29, 0.717) is 4.47 Å². The highest BCUT2D eigenvalue weighted by molar-refractivity contribution is 9.10. The van der Waals surface area contributed by atoms with Crippen LogP contribution < -0.4 is 11.3 Å². The SMILES string of the molecule is CS(=O)(=O)CC(NN)c1ccc(Br)c(Cl)c1F. The molecule has 1 aromatic rings. The molecule has 17 heavy (non-hydrogen) atoms. The Morgan fingerprint density at radius 3 is 2.65 bits per heavy atom. The first-order valence-electron chi connectivity index (χ1n) is 4.53. The monoisotopic (exact) mass is 344 g/mol. The van der Waals surface area contributed by atoms with Gasteiger partial charge in [0, 0.05) is 16.3 Å². The molecule has 0 aromatic heterocycles. The van der Waals surface area contributed by atoms with E-state index in [2.05, 4.69) is 21.4 Å². The molecule has 4 nitrogen and oxygen atoms in total. The Hall–Kier alpha value is -0.210. The van der Waals surface area contributed by atoms with Gasteiger partial charge in [0.15, 0.2) is 0 Å². The minimum atomic E-state index is -3.29. The van der Waals surface area contributed by atoms with Gasteiger partial charge >= 0.3 is 0 Å². The van der Waals surface area contributed by atoms with Gasteiger partial charge < -0.3 is 0 Å². The zero-order valence-electron chi connectivity index (χ0n) is 8.88. The molecule has 0 heterocycles. The van der Waals surface area contributed by atoms with Crippen LogP contribution in [-0.4, -0.2) is 20.4 Å². The summed E-state index contributed by atoms with van der Waals surface area (Å²) in [6, 6.07) is 2.13. The van der Waals surface area contributed by atoms with E-state index in [9.17, 15) is 12.8 Å². The Labute approximate surface area is 112 Å². The second kappa shape index (κ2) is 5.62. The molecule has 0 bridgehead atoms. The molecule has 0 saturated carbocycles. The van der Waals surface area contributed by atoms with E-state index in [1.807, 2.05) is 0 Å². The van der Waals surface area contributed by atoms with E-state index in [0.717, 1.165) is 6.26 Å². The van der Waals surface area contributed by atoms with Crippen LogP contribution in [0.5, 0.6) is 0 Å². The van der Waals surface area contributed by atoms with Crippen LogP contribution in [0, 0.1) is 5.82 Å². The van der Waals surface area contributed by atoms with Gasteiger partial charge in [0.2, 0.25) is 0 Å². The Morgan fingerprint density at radius 1 is 1.59 bits per heavy atom. The summed E-state index contributed by atoms with van der Waals surface area (Å²) in [6.45, 7) is 0. The van der Waals surface area contributed by atoms with Crippen molar-refractivity contribution in [2.75, 3.05) is 12.0 Å². The second-order valence-corrected chi connectivity index (χ2v) is 6.99. The van der Waals surface area contributed by atoms with Crippen LogP contribution in [-0.2, 0) is 9.84 Å². The van der Waals surface area contributed by atoms with Crippen molar-refractivity contribution in [3.63, 3.8) is 0 Å². The summed E-state index contributed by atoms with van der Waals surface area (Å²) in [5.41, 5.74) is 2.39. The van der Waals surface area contributed by atoms with Gasteiger partial charge in [0.1, 0.15) is 15.7 Å². The molecule has 0 saturated heterocycles. The van der Waals surface area contributed by atoms with E-state index in [4.69, 9.17) is 17.4 Å². The number of hydrazine groups is 1. The third-order valence-electron chi connectivity index (χ3n) is 2.11. The van der Waals surface area contributed by atoms with E-state index >= 15 is 0 Å². The number of hydrogen-bond donors (Lipinski definition) is 2. The Kier molecular flexibility index (Phi) is 4.91. The summed E-state index contributed by atoms with van der Waals surface area (Å²) >= 11 is 8.79. The standard InChI is InChI=1S/C9H11BrClFN2O2S/c1-17(15,16)4-7(14-13)5-2-3-6(10)8(11)9(5)12/h2-3,7,14H,4,13H2,1H3. The van der Waals surface area contributed by atoms with E-state index < -0.39 is 21.7 Å². The van der Waals surface area contributed by atoms with Crippen molar-refractivity contribution >= 4 is 37.4 Å². The molecule has 96 valence electrons. The topological polar surface area (TPSA) is 72.2 Å². The summed E-state index contributed by atoms with van der Waals surface area (Å²) in [5.74, 6) is 4.24.